The van der Waals surface area contributed by atoms with E-state index in [1.165, 1.54) is 11.8 Å². The van der Waals surface area contributed by atoms with Crippen LogP contribution in [0.5, 0.6) is 0 Å². The molecule has 6 heteroatoms. The summed E-state index contributed by atoms with van der Waals surface area (Å²) in [7, 11) is 0. The highest BCUT2D eigenvalue weighted by Crippen LogP contribution is 2.22. The summed E-state index contributed by atoms with van der Waals surface area (Å²) in [5.74, 6) is 0. The molecule has 1 heterocycles. The van der Waals surface area contributed by atoms with Gasteiger partial charge in [0, 0.05) is 6.61 Å². The van der Waals surface area contributed by atoms with Gasteiger partial charge in [-0.05, 0) is 29.1 Å². The Labute approximate surface area is 95.2 Å². The highest BCUT2D eigenvalue weighted by Gasteiger charge is 2.13. The fraction of sp³-hybridized carbons (Fsp3) is 0.500. The monoisotopic (exact) mass is 278 g/mol. The molecule has 0 aromatic carbocycles. The van der Waals surface area contributed by atoms with E-state index in [1.54, 1.807) is 4.57 Å². The predicted molar refractivity (Wildman–Crippen MR) is 58.7 cm³/mol. The molecule has 0 aliphatic carbocycles. The number of rotatable bonds is 5. The number of carbonyl (C=O) groups excluding carboxylic acids is 1. The van der Waals surface area contributed by atoms with Crippen molar-refractivity contribution < 1.29 is 9.53 Å². The standard InChI is InChI=1S/C8H11BrN2O2S/c1-3-13-5-11-6(4-12)7(9)10-8(11)14-2/h4H,3,5H2,1-2H3. The van der Waals surface area contributed by atoms with Gasteiger partial charge in [-0.2, -0.15) is 0 Å². The van der Waals surface area contributed by atoms with E-state index in [0.29, 0.717) is 23.6 Å². The third-order valence-electron chi connectivity index (χ3n) is 1.65. The van der Waals surface area contributed by atoms with E-state index in [0.717, 1.165) is 11.4 Å². The van der Waals surface area contributed by atoms with E-state index >= 15 is 0 Å². The number of aldehydes is 1. The van der Waals surface area contributed by atoms with Crippen LogP contribution in [-0.4, -0.2) is 28.7 Å². The minimum atomic E-state index is 0.360. The van der Waals surface area contributed by atoms with Crippen LogP contribution in [0.1, 0.15) is 17.4 Å². The minimum absolute atomic E-state index is 0.360. The average Bonchev–Trinajstić information content (AvgIpc) is 2.50. The second kappa shape index (κ2) is 5.53. The molecule has 1 rings (SSSR count). The van der Waals surface area contributed by atoms with Gasteiger partial charge in [-0.3, -0.25) is 9.36 Å². The maximum atomic E-state index is 10.8. The second-order valence-electron chi connectivity index (χ2n) is 2.44. The zero-order valence-electron chi connectivity index (χ0n) is 7.99. The number of thioether (sulfide) groups is 1. The van der Waals surface area contributed by atoms with Crippen LogP contribution < -0.4 is 0 Å². The van der Waals surface area contributed by atoms with Gasteiger partial charge in [0.15, 0.2) is 11.4 Å². The van der Waals surface area contributed by atoms with E-state index in [4.69, 9.17) is 4.74 Å². The van der Waals surface area contributed by atoms with Crippen molar-refractivity contribution >= 4 is 34.0 Å². The van der Waals surface area contributed by atoms with Crippen LogP contribution in [0.25, 0.3) is 0 Å². The van der Waals surface area contributed by atoms with Crippen LogP contribution in [-0.2, 0) is 11.5 Å². The lowest BCUT2D eigenvalue weighted by atomic mass is 10.5. The summed E-state index contributed by atoms with van der Waals surface area (Å²) in [6.07, 6.45) is 2.68. The number of aromatic nitrogens is 2. The summed E-state index contributed by atoms with van der Waals surface area (Å²) >= 11 is 4.71. The zero-order valence-corrected chi connectivity index (χ0v) is 10.4. The molecule has 0 saturated heterocycles. The zero-order chi connectivity index (χ0) is 10.6. The maximum Gasteiger partial charge on any atom is 0.171 e. The molecule has 78 valence electrons. The molecule has 14 heavy (non-hydrogen) atoms. The van der Waals surface area contributed by atoms with Gasteiger partial charge in [-0.25, -0.2) is 4.98 Å². The van der Waals surface area contributed by atoms with E-state index in [9.17, 15) is 4.79 Å². The van der Waals surface area contributed by atoms with Crippen molar-refractivity contribution in [2.45, 2.75) is 18.8 Å². The Hall–Kier alpha value is -0.330. The molecule has 0 saturated carbocycles. The SMILES string of the molecule is CCOCn1c(SC)nc(Br)c1C=O. The Kier molecular flexibility index (Phi) is 4.64. The molecule has 0 aliphatic rings. The summed E-state index contributed by atoms with van der Waals surface area (Å²) < 4.78 is 7.56. The normalized spacial score (nSPS) is 10.5. The Morgan fingerprint density at radius 3 is 2.93 bits per heavy atom. The lowest BCUT2D eigenvalue weighted by Crippen LogP contribution is -2.07. The molecule has 0 radical (unpaired) electrons. The quantitative estimate of drug-likeness (QED) is 0.612. The van der Waals surface area contributed by atoms with E-state index in [1.807, 2.05) is 13.2 Å². The van der Waals surface area contributed by atoms with Crippen molar-refractivity contribution in [1.82, 2.24) is 9.55 Å². The van der Waals surface area contributed by atoms with E-state index in [-0.39, 0.29) is 0 Å². The van der Waals surface area contributed by atoms with Crippen molar-refractivity contribution in [3.8, 4) is 0 Å². The van der Waals surface area contributed by atoms with Gasteiger partial charge in [-0.15, -0.1) is 0 Å². The first-order valence-corrected chi connectivity index (χ1v) is 6.09. The van der Waals surface area contributed by atoms with Crippen LogP contribution >= 0.6 is 27.7 Å². The molecular formula is C8H11BrN2O2S. The fourth-order valence-electron chi connectivity index (χ4n) is 0.991. The molecule has 0 atom stereocenters. The average molecular weight is 279 g/mol. The van der Waals surface area contributed by atoms with Crippen LogP contribution in [0.3, 0.4) is 0 Å². The number of halogens is 1. The Bertz CT molecular complexity index is 327. The Balaban J connectivity index is 3.01. The number of carbonyl (C=O) groups is 1. The van der Waals surface area contributed by atoms with Crippen molar-refractivity contribution in [3.63, 3.8) is 0 Å². The predicted octanol–water partition coefficient (Wildman–Crippen LogP) is 2.17. The fourth-order valence-corrected chi connectivity index (χ4v) is 2.14. The van der Waals surface area contributed by atoms with Gasteiger partial charge in [0.05, 0.1) is 0 Å². The number of ether oxygens (including phenoxy) is 1. The molecule has 0 amide bonds. The van der Waals surface area contributed by atoms with Gasteiger partial charge in [0.1, 0.15) is 17.0 Å². The van der Waals surface area contributed by atoms with Crippen LogP contribution in [0.15, 0.2) is 9.76 Å². The third-order valence-corrected chi connectivity index (χ3v) is 2.91. The molecule has 0 unspecified atom stereocenters. The summed E-state index contributed by atoms with van der Waals surface area (Å²) in [5, 5.41) is 0.771. The van der Waals surface area contributed by atoms with Crippen LogP contribution in [0.4, 0.5) is 0 Å². The molecule has 0 fully saturated rings. The first-order valence-electron chi connectivity index (χ1n) is 4.07. The maximum absolute atomic E-state index is 10.8. The van der Waals surface area contributed by atoms with Gasteiger partial charge < -0.3 is 4.74 Å². The first kappa shape index (κ1) is 11.7. The van der Waals surface area contributed by atoms with Gasteiger partial charge >= 0.3 is 0 Å². The third kappa shape index (κ3) is 2.37. The minimum Gasteiger partial charge on any atom is -0.361 e. The molecule has 0 spiro atoms. The topological polar surface area (TPSA) is 44.1 Å². The summed E-state index contributed by atoms with van der Waals surface area (Å²) in [4.78, 5) is 15.0. The number of nitrogens with zero attached hydrogens (tertiary/aromatic N) is 2. The van der Waals surface area contributed by atoms with Crippen molar-refractivity contribution in [1.29, 1.82) is 0 Å². The molecule has 0 N–H and O–H groups in total. The number of imidazole rings is 1. The molecule has 0 aliphatic heterocycles. The van der Waals surface area contributed by atoms with Gasteiger partial charge in [0.2, 0.25) is 0 Å². The highest BCUT2D eigenvalue weighted by atomic mass is 79.9. The van der Waals surface area contributed by atoms with Gasteiger partial charge in [-0.1, -0.05) is 11.8 Å². The number of hydrogen-bond acceptors (Lipinski definition) is 4. The Morgan fingerprint density at radius 2 is 2.43 bits per heavy atom. The van der Waals surface area contributed by atoms with Crippen molar-refractivity contribution in [3.05, 3.63) is 10.3 Å². The van der Waals surface area contributed by atoms with Crippen molar-refractivity contribution in [2.24, 2.45) is 0 Å². The molecule has 0 bridgehead atoms. The molecule has 1 aromatic heterocycles. The lowest BCUT2D eigenvalue weighted by molar-refractivity contribution is 0.0786. The molecule has 4 nitrogen and oxygen atoms in total. The number of hydrogen-bond donors (Lipinski definition) is 0. The summed E-state index contributed by atoms with van der Waals surface area (Å²) in [6, 6.07) is 0. The van der Waals surface area contributed by atoms with E-state index < -0.39 is 0 Å². The smallest absolute Gasteiger partial charge is 0.171 e. The highest BCUT2D eigenvalue weighted by molar-refractivity contribution is 9.10. The lowest BCUT2D eigenvalue weighted by Gasteiger charge is -2.06. The van der Waals surface area contributed by atoms with E-state index in [2.05, 4.69) is 20.9 Å². The summed E-state index contributed by atoms with van der Waals surface area (Å²) in [5.41, 5.74) is 0.516. The van der Waals surface area contributed by atoms with Gasteiger partial charge in [0.25, 0.3) is 0 Å². The largest absolute Gasteiger partial charge is 0.361 e. The first-order chi connectivity index (χ1) is 6.74. The van der Waals surface area contributed by atoms with Crippen molar-refractivity contribution in [2.75, 3.05) is 12.9 Å². The molecular weight excluding hydrogens is 268 g/mol. The second-order valence-corrected chi connectivity index (χ2v) is 3.97. The van der Waals surface area contributed by atoms with Crippen LogP contribution in [0, 0.1) is 0 Å². The van der Waals surface area contributed by atoms with Crippen LogP contribution in [0.2, 0.25) is 0 Å². The Morgan fingerprint density at radius 1 is 1.71 bits per heavy atom. The summed E-state index contributed by atoms with van der Waals surface area (Å²) in [6.45, 7) is 2.88. The molecule has 1 aromatic rings.